The molecule has 2 N–H and O–H groups in total. The summed E-state index contributed by atoms with van der Waals surface area (Å²) in [6.07, 6.45) is 5.12. The molecule has 1 aliphatic carbocycles. The molecule has 4 heteroatoms. The Labute approximate surface area is 174 Å². The first kappa shape index (κ1) is 21.1. The average Bonchev–Trinajstić information content (AvgIpc) is 2.77. The summed E-state index contributed by atoms with van der Waals surface area (Å²) in [6, 6.07) is 18.6. The molecule has 0 bridgehead atoms. The Bertz CT molecular complexity index is 778. The molecule has 4 nitrogen and oxygen atoms in total. The van der Waals surface area contributed by atoms with Crippen LogP contribution in [0.1, 0.15) is 48.8 Å². The Balaban J connectivity index is 1.32. The third-order valence-electron chi connectivity index (χ3n) is 5.84. The summed E-state index contributed by atoms with van der Waals surface area (Å²) in [4.78, 5) is 24.9. The van der Waals surface area contributed by atoms with Gasteiger partial charge < -0.3 is 10.6 Å². The molecule has 2 amide bonds. The van der Waals surface area contributed by atoms with Gasteiger partial charge in [0.15, 0.2) is 0 Å². The lowest BCUT2D eigenvalue weighted by Gasteiger charge is -2.27. The van der Waals surface area contributed by atoms with E-state index in [9.17, 15) is 9.59 Å². The summed E-state index contributed by atoms with van der Waals surface area (Å²) in [5.41, 5.74) is 3.64. The van der Waals surface area contributed by atoms with Gasteiger partial charge in [0.2, 0.25) is 11.8 Å². The van der Waals surface area contributed by atoms with Gasteiger partial charge in [-0.25, -0.2) is 0 Å². The SMILES string of the molecule is Cc1ccc(CNC(=O)C2CCC(C(=O)NCCCc3ccccc3)CC2)cc1. The molecule has 0 aliphatic heterocycles. The van der Waals surface area contributed by atoms with Gasteiger partial charge >= 0.3 is 0 Å². The third-order valence-corrected chi connectivity index (χ3v) is 5.84. The van der Waals surface area contributed by atoms with Gasteiger partial charge in [-0.05, 0) is 56.6 Å². The molecule has 0 atom stereocenters. The maximum Gasteiger partial charge on any atom is 0.223 e. The monoisotopic (exact) mass is 392 g/mol. The molecule has 154 valence electrons. The number of aryl methyl sites for hydroxylation is 2. The standard InChI is InChI=1S/C25H32N2O2/c1-19-9-11-21(12-10-19)18-27-25(29)23-15-13-22(14-16-23)24(28)26-17-5-8-20-6-3-2-4-7-20/h2-4,6-7,9-12,22-23H,5,8,13-18H2,1H3,(H,26,28)(H,27,29). The van der Waals surface area contributed by atoms with E-state index >= 15 is 0 Å². The topological polar surface area (TPSA) is 58.2 Å². The van der Waals surface area contributed by atoms with Crippen LogP contribution in [0.2, 0.25) is 0 Å². The fourth-order valence-corrected chi connectivity index (χ4v) is 3.95. The molecule has 3 rings (SSSR count). The second-order valence-corrected chi connectivity index (χ2v) is 8.13. The summed E-state index contributed by atoms with van der Waals surface area (Å²) in [5.74, 6) is 0.347. The lowest BCUT2D eigenvalue weighted by atomic mass is 9.81. The van der Waals surface area contributed by atoms with E-state index in [0.29, 0.717) is 13.1 Å². The van der Waals surface area contributed by atoms with E-state index in [4.69, 9.17) is 0 Å². The van der Waals surface area contributed by atoms with Crippen molar-refractivity contribution >= 4 is 11.8 Å². The predicted molar refractivity (Wildman–Crippen MR) is 116 cm³/mol. The van der Waals surface area contributed by atoms with E-state index in [1.54, 1.807) is 0 Å². The van der Waals surface area contributed by atoms with E-state index in [1.165, 1.54) is 11.1 Å². The molecular weight excluding hydrogens is 360 g/mol. The van der Waals surface area contributed by atoms with E-state index < -0.39 is 0 Å². The first-order chi connectivity index (χ1) is 14.1. The number of nitrogens with one attached hydrogen (secondary N) is 2. The fourth-order valence-electron chi connectivity index (χ4n) is 3.95. The molecule has 1 saturated carbocycles. The van der Waals surface area contributed by atoms with Crippen molar-refractivity contribution in [2.24, 2.45) is 11.8 Å². The summed E-state index contributed by atoms with van der Waals surface area (Å²) in [6.45, 7) is 3.34. The number of carbonyl (C=O) groups excluding carboxylic acids is 2. The van der Waals surface area contributed by atoms with E-state index in [-0.39, 0.29) is 23.7 Å². The molecule has 0 aromatic heterocycles. The number of amides is 2. The predicted octanol–water partition coefficient (Wildman–Crippen LogP) is 4.17. The largest absolute Gasteiger partial charge is 0.356 e. The molecule has 2 aromatic rings. The molecular formula is C25H32N2O2. The first-order valence-electron chi connectivity index (χ1n) is 10.8. The second-order valence-electron chi connectivity index (χ2n) is 8.13. The van der Waals surface area contributed by atoms with E-state index in [1.807, 2.05) is 18.2 Å². The smallest absolute Gasteiger partial charge is 0.223 e. The number of carbonyl (C=O) groups is 2. The second kappa shape index (κ2) is 10.8. The van der Waals surface area contributed by atoms with Crippen LogP contribution in [0, 0.1) is 18.8 Å². The number of hydrogen-bond acceptors (Lipinski definition) is 2. The number of rotatable bonds is 8. The Morgan fingerprint density at radius 3 is 2.00 bits per heavy atom. The minimum absolute atomic E-state index is 0.0302. The first-order valence-corrected chi connectivity index (χ1v) is 10.8. The van der Waals surface area contributed by atoms with Gasteiger partial charge in [-0.1, -0.05) is 60.2 Å². The van der Waals surface area contributed by atoms with Crippen molar-refractivity contribution in [3.8, 4) is 0 Å². The van der Waals surface area contributed by atoms with Crippen molar-refractivity contribution in [2.45, 2.75) is 52.0 Å². The molecule has 2 aromatic carbocycles. The lowest BCUT2D eigenvalue weighted by molar-refractivity contribution is -0.130. The highest BCUT2D eigenvalue weighted by Crippen LogP contribution is 2.29. The third kappa shape index (κ3) is 6.74. The van der Waals surface area contributed by atoms with E-state index in [0.717, 1.165) is 44.1 Å². The van der Waals surface area contributed by atoms with Crippen LogP contribution < -0.4 is 10.6 Å². The molecule has 0 spiro atoms. The number of hydrogen-bond donors (Lipinski definition) is 2. The van der Waals surface area contributed by atoms with Crippen LogP contribution in [0.25, 0.3) is 0 Å². The lowest BCUT2D eigenvalue weighted by Crippen LogP contribution is -2.37. The van der Waals surface area contributed by atoms with Crippen molar-refractivity contribution in [2.75, 3.05) is 6.54 Å². The molecule has 0 unspecified atom stereocenters. The Morgan fingerprint density at radius 1 is 0.793 bits per heavy atom. The van der Waals surface area contributed by atoms with E-state index in [2.05, 4.69) is 54.0 Å². The van der Waals surface area contributed by atoms with Crippen molar-refractivity contribution < 1.29 is 9.59 Å². The minimum atomic E-state index is 0.0302. The van der Waals surface area contributed by atoms with Crippen LogP contribution in [-0.2, 0) is 22.6 Å². The quantitative estimate of drug-likeness (QED) is 0.663. The van der Waals surface area contributed by atoms with Gasteiger partial charge in [0.25, 0.3) is 0 Å². The van der Waals surface area contributed by atoms with Crippen LogP contribution in [0.4, 0.5) is 0 Å². The number of benzene rings is 2. The van der Waals surface area contributed by atoms with Crippen LogP contribution in [0.15, 0.2) is 54.6 Å². The van der Waals surface area contributed by atoms with Gasteiger partial charge in [-0.3, -0.25) is 9.59 Å². The van der Waals surface area contributed by atoms with Gasteiger partial charge in [0.05, 0.1) is 0 Å². The van der Waals surface area contributed by atoms with Crippen LogP contribution in [-0.4, -0.2) is 18.4 Å². The summed E-state index contributed by atoms with van der Waals surface area (Å²) in [5, 5.41) is 6.13. The molecule has 0 saturated heterocycles. The van der Waals surface area contributed by atoms with Gasteiger partial charge in [0, 0.05) is 24.9 Å². The summed E-state index contributed by atoms with van der Waals surface area (Å²) in [7, 11) is 0. The zero-order valence-corrected chi connectivity index (χ0v) is 17.3. The molecule has 29 heavy (non-hydrogen) atoms. The highest BCUT2D eigenvalue weighted by Gasteiger charge is 2.29. The highest BCUT2D eigenvalue weighted by atomic mass is 16.2. The van der Waals surface area contributed by atoms with Crippen molar-refractivity contribution in [1.29, 1.82) is 0 Å². The van der Waals surface area contributed by atoms with Gasteiger partial charge in [-0.15, -0.1) is 0 Å². The zero-order valence-electron chi connectivity index (χ0n) is 17.3. The Kier molecular flexibility index (Phi) is 7.85. The van der Waals surface area contributed by atoms with Gasteiger partial charge in [0.1, 0.15) is 0 Å². The highest BCUT2D eigenvalue weighted by molar-refractivity contribution is 5.81. The molecule has 1 fully saturated rings. The Morgan fingerprint density at radius 2 is 1.38 bits per heavy atom. The van der Waals surface area contributed by atoms with Crippen LogP contribution >= 0.6 is 0 Å². The normalized spacial score (nSPS) is 18.8. The molecule has 0 radical (unpaired) electrons. The summed E-state index contributed by atoms with van der Waals surface area (Å²) < 4.78 is 0. The van der Waals surface area contributed by atoms with Crippen molar-refractivity contribution in [1.82, 2.24) is 10.6 Å². The van der Waals surface area contributed by atoms with Gasteiger partial charge in [-0.2, -0.15) is 0 Å². The molecule has 0 heterocycles. The maximum atomic E-state index is 12.4. The Hall–Kier alpha value is -2.62. The maximum absolute atomic E-state index is 12.4. The van der Waals surface area contributed by atoms with Crippen molar-refractivity contribution in [3.05, 3.63) is 71.3 Å². The molecule has 1 aliphatic rings. The van der Waals surface area contributed by atoms with Crippen LogP contribution in [0.5, 0.6) is 0 Å². The summed E-state index contributed by atoms with van der Waals surface area (Å²) >= 11 is 0. The van der Waals surface area contributed by atoms with Crippen molar-refractivity contribution in [3.63, 3.8) is 0 Å². The van der Waals surface area contributed by atoms with Crippen LogP contribution in [0.3, 0.4) is 0 Å². The fraction of sp³-hybridized carbons (Fsp3) is 0.440. The minimum Gasteiger partial charge on any atom is -0.356 e. The average molecular weight is 393 g/mol. The zero-order chi connectivity index (χ0) is 20.5.